The molecule has 0 unspecified atom stereocenters. The Bertz CT molecular complexity index is 655. The smallest absolute Gasteiger partial charge is 0.132 e. The molecule has 2 aliphatic rings. The van der Waals surface area contributed by atoms with Gasteiger partial charge in [-0.15, -0.1) is 0 Å². The molecule has 3 atom stereocenters. The van der Waals surface area contributed by atoms with Crippen molar-refractivity contribution < 1.29 is 14.2 Å². The third-order valence-electron chi connectivity index (χ3n) is 4.35. The van der Waals surface area contributed by atoms with Crippen LogP contribution in [0.15, 0.2) is 30.7 Å². The first-order chi connectivity index (χ1) is 9.77. The molecule has 1 aromatic heterocycles. The van der Waals surface area contributed by atoms with Crippen molar-refractivity contribution in [1.82, 2.24) is 9.55 Å². The van der Waals surface area contributed by atoms with Gasteiger partial charge in [0.25, 0.3) is 0 Å². The van der Waals surface area contributed by atoms with Crippen LogP contribution in [0.2, 0.25) is 0 Å². The monoisotopic (exact) mass is 274 g/mol. The van der Waals surface area contributed by atoms with Crippen LogP contribution in [0.1, 0.15) is 18.0 Å². The fraction of sp³-hybridized carbons (Fsp3) is 0.400. The maximum absolute atomic E-state index is 14.1. The standard InChI is InChI=1S/C15H15FN2O2/c16-11-3-1-2-9-14(11)12-6-17-8-18(12)15(9)10-7-20-5-4-13(10)19/h1-3,6,8,10,13,15,19H,4-5,7H2/t10-,13-,15+/m0/s1. The minimum Gasteiger partial charge on any atom is -0.393 e. The van der Waals surface area contributed by atoms with Crippen molar-refractivity contribution in [2.24, 2.45) is 5.92 Å². The fourth-order valence-electron chi connectivity index (χ4n) is 3.41. The molecular weight excluding hydrogens is 259 g/mol. The number of hydrogen-bond acceptors (Lipinski definition) is 3. The highest BCUT2D eigenvalue weighted by molar-refractivity contribution is 5.69. The van der Waals surface area contributed by atoms with Gasteiger partial charge >= 0.3 is 0 Å². The molecule has 1 fully saturated rings. The van der Waals surface area contributed by atoms with Crippen molar-refractivity contribution in [2.45, 2.75) is 18.6 Å². The Morgan fingerprint density at radius 1 is 1.40 bits per heavy atom. The Morgan fingerprint density at radius 3 is 3.15 bits per heavy atom. The Labute approximate surface area is 115 Å². The summed E-state index contributed by atoms with van der Waals surface area (Å²) in [5.74, 6) is -0.308. The van der Waals surface area contributed by atoms with E-state index in [1.165, 1.54) is 6.07 Å². The molecule has 3 heterocycles. The second kappa shape index (κ2) is 4.40. The number of halogens is 1. The van der Waals surface area contributed by atoms with Crippen molar-refractivity contribution in [3.05, 3.63) is 42.1 Å². The molecule has 20 heavy (non-hydrogen) atoms. The van der Waals surface area contributed by atoms with E-state index in [1.54, 1.807) is 18.6 Å². The third-order valence-corrected chi connectivity index (χ3v) is 4.35. The summed E-state index contributed by atoms with van der Waals surface area (Å²) in [5, 5.41) is 10.3. The zero-order valence-corrected chi connectivity index (χ0v) is 10.9. The van der Waals surface area contributed by atoms with Crippen LogP contribution >= 0.6 is 0 Å². The van der Waals surface area contributed by atoms with Crippen LogP contribution in [0.3, 0.4) is 0 Å². The van der Waals surface area contributed by atoms with Gasteiger partial charge in [0.2, 0.25) is 0 Å². The quantitative estimate of drug-likeness (QED) is 0.865. The molecule has 0 amide bonds. The molecule has 0 radical (unpaired) electrons. The lowest BCUT2D eigenvalue weighted by Crippen LogP contribution is -2.37. The first-order valence-electron chi connectivity index (χ1n) is 6.84. The van der Waals surface area contributed by atoms with E-state index in [0.29, 0.717) is 25.2 Å². The van der Waals surface area contributed by atoms with Gasteiger partial charge in [0.1, 0.15) is 5.82 Å². The second-order valence-corrected chi connectivity index (χ2v) is 5.43. The van der Waals surface area contributed by atoms with Crippen LogP contribution in [-0.2, 0) is 4.74 Å². The highest BCUT2D eigenvalue weighted by atomic mass is 19.1. The van der Waals surface area contributed by atoms with Crippen LogP contribution in [0, 0.1) is 11.7 Å². The summed E-state index contributed by atoms with van der Waals surface area (Å²) in [6.07, 6.45) is 3.58. The lowest BCUT2D eigenvalue weighted by Gasteiger charge is -2.33. The Hall–Kier alpha value is -1.72. The summed E-state index contributed by atoms with van der Waals surface area (Å²) in [7, 11) is 0. The maximum atomic E-state index is 14.1. The van der Waals surface area contributed by atoms with Gasteiger partial charge in [-0.25, -0.2) is 9.37 Å². The number of benzene rings is 1. The molecule has 2 aliphatic heterocycles. The van der Waals surface area contributed by atoms with Crippen LogP contribution in [0.25, 0.3) is 11.3 Å². The predicted octanol–water partition coefficient (Wildman–Crippen LogP) is 1.99. The summed E-state index contributed by atoms with van der Waals surface area (Å²) >= 11 is 0. The summed E-state index contributed by atoms with van der Waals surface area (Å²) in [4.78, 5) is 4.13. The lowest BCUT2D eigenvalue weighted by molar-refractivity contribution is -0.0481. The van der Waals surface area contributed by atoms with E-state index in [0.717, 1.165) is 11.3 Å². The molecular formula is C15H15FN2O2. The number of hydrogen-bond donors (Lipinski definition) is 1. The molecule has 0 aliphatic carbocycles. The van der Waals surface area contributed by atoms with Gasteiger partial charge in [-0.3, -0.25) is 0 Å². The van der Waals surface area contributed by atoms with Crippen LogP contribution in [0.4, 0.5) is 4.39 Å². The lowest BCUT2D eigenvalue weighted by atomic mass is 9.86. The first kappa shape index (κ1) is 12.1. The summed E-state index contributed by atoms with van der Waals surface area (Å²) < 4.78 is 21.6. The maximum Gasteiger partial charge on any atom is 0.132 e. The van der Waals surface area contributed by atoms with Crippen molar-refractivity contribution in [2.75, 3.05) is 13.2 Å². The highest BCUT2D eigenvalue weighted by Crippen LogP contribution is 2.45. The number of aliphatic hydroxyl groups excluding tert-OH is 1. The van der Waals surface area contributed by atoms with Crippen molar-refractivity contribution in [1.29, 1.82) is 0 Å². The minimum absolute atomic E-state index is 0.0697. The van der Waals surface area contributed by atoms with Gasteiger partial charge in [0.05, 0.1) is 37.0 Å². The summed E-state index contributed by atoms with van der Waals surface area (Å²) in [6, 6.07) is 5.01. The molecule has 2 aromatic rings. The topological polar surface area (TPSA) is 47.3 Å². The number of nitrogens with zero attached hydrogens (tertiary/aromatic N) is 2. The molecule has 4 rings (SSSR count). The Kier molecular flexibility index (Phi) is 2.65. The summed E-state index contributed by atoms with van der Waals surface area (Å²) in [5.41, 5.74) is 2.30. The van der Waals surface area contributed by atoms with E-state index in [4.69, 9.17) is 4.74 Å². The molecule has 1 aromatic carbocycles. The van der Waals surface area contributed by atoms with Gasteiger partial charge in [-0.05, 0) is 18.1 Å². The number of fused-ring (bicyclic) bond motifs is 3. The number of rotatable bonds is 1. The Morgan fingerprint density at radius 2 is 2.30 bits per heavy atom. The molecule has 0 spiro atoms. The fourth-order valence-corrected chi connectivity index (χ4v) is 3.41. The number of imidazole rings is 1. The van der Waals surface area contributed by atoms with Gasteiger partial charge < -0.3 is 14.4 Å². The molecule has 0 saturated carbocycles. The average molecular weight is 274 g/mol. The van der Waals surface area contributed by atoms with Crippen molar-refractivity contribution >= 4 is 0 Å². The molecule has 5 heteroatoms. The zero-order valence-electron chi connectivity index (χ0n) is 10.9. The number of aromatic nitrogens is 2. The van der Waals surface area contributed by atoms with E-state index >= 15 is 0 Å². The van der Waals surface area contributed by atoms with E-state index in [9.17, 15) is 9.50 Å². The van der Waals surface area contributed by atoms with Crippen LogP contribution in [0.5, 0.6) is 0 Å². The van der Waals surface area contributed by atoms with Crippen LogP contribution < -0.4 is 0 Å². The first-order valence-corrected chi connectivity index (χ1v) is 6.84. The third kappa shape index (κ3) is 1.57. The van der Waals surface area contributed by atoms with Crippen LogP contribution in [-0.4, -0.2) is 34.0 Å². The number of ether oxygens (including phenoxy) is 1. The van der Waals surface area contributed by atoms with E-state index < -0.39 is 6.10 Å². The predicted molar refractivity (Wildman–Crippen MR) is 70.7 cm³/mol. The van der Waals surface area contributed by atoms with Gasteiger partial charge in [-0.2, -0.15) is 0 Å². The SMILES string of the molecule is O[C@H]1CCOC[C@@H]1[C@H]1c2cccc(F)c2-c2cncn21. The zero-order chi connectivity index (χ0) is 13.7. The van der Waals surface area contributed by atoms with E-state index in [-0.39, 0.29) is 17.8 Å². The summed E-state index contributed by atoms with van der Waals surface area (Å²) in [6.45, 7) is 1.07. The minimum atomic E-state index is -0.432. The molecule has 4 nitrogen and oxygen atoms in total. The average Bonchev–Trinajstić information content (AvgIpc) is 3.00. The van der Waals surface area contributed by atoms with Gasteiger partial charge in [-0.1, -0.05) is 12.1 Å². The normalized spacial score (nSPS) is 28.2. The van der Waals surface area contributed by atoms with Crippen molar-refractivity contribution in [3.8, 4) is 11.3 Å². The molecule has 0 bridgehead atoms. The highest BCUT2D eigenvalue weighted by Gasteiger charge is 2.40. The second-order valence-electron chi connectivity index (χ2n) is 5.43. The molecule has 1 N–H and O–H groups in total. The molecule has 1 saturated heterocycles. The number of aliphatic hydroxyl groups is 1. The van der Waals surface area contributed by atoms with Crippen molar-refractivity contribution in [3.63, 3.8) is 0 Å². The van der Waals surface area contributed by atoms with Gasteiger partial charge in [0.15, 0.2) is 0 Å². The van der Waals surface area contributed by atoms with E-state index in [2.05, 4.69) is 4.98 Å². The largest absolute Gasteiger partial charge is 0.393 e. The van der Waals surface area contributed by atoms with Gasteiger partial charge in [0, 0.05) is 18.1 Å². The molecule has 104 valence electrons. The van der Waals surface area contributed by atoms with E-state index in [1.807, 2.05) is 10.6 Å². The Balaban J connectivity index is 1.87.